The number of benzene rings is 1. The van der Waals surface area contributed by atoms with Crippen LogP contribution in [0.2, 0.25) is 0 Å². The van der Waals surface area contributed by atoms with Gasteiger partial charge in [-0.25, -0.2) is 0 Å². The lowest BCUT2D eigenvalue weighted by Gasteiger charge is -2.28. The Bertz CT molecular complexity index is 428. The monoisotopic (exact) mass is 300 g/mol. The Labute approximate surface area is 125 Å². The van der Waals surface area contributed by atoms with Crippen LogP contribution in [0, 0.1) is 0 Å². The smallest absolute Gasteiger partial charge is 0.251 e. The fourth-order valence-corrected chi connectivity index (χ4v) is 3.27. The van der Waals surface area contributed by atoms with E-state index in [4.69, 9.17) is 5.73 Å². The average molecular weight is 301 g/mol. The zero-order chi connectivity index (χ0) is 13.0. The number of carbonyl (C=O) groups is 1. The Morgan fingerprint density at radius 1 is 1.42 bits per heavy atom. The quantitative estimate of drug-likeness (QED) is 0.844. The molecule has 1 aromatic carbocycles. The van der Waals surface area contributed by atoms with E-state index in [1.807, 2.05) is 17.8 Å². The Balaban J connectivity index is 0.00000180. The summed E-state index contributed by atoms with van der Waals surface area (Å²) in [6.45, 7) is 0. The molecule has 19 heavy (non-hydrogen) atoms. The van der Waals surface area contributed by atoms with Crippen molar-refractivity contribution < 1.29 is 4.79 Å². The highest BCUT2D eigenvalue weighted by Gasteiger charge is 2.22. The van der Waals surface area contributed by atoms with Crippen LogP contribution in [0.1, 0.15) is 36.0 Å². The second-order valence-electron chi connectivity index (χ2n) is 4.82. The largest absolute Gasteiger partial charge is 0.399 e. The van der Waals surface area contributed by atoms with E-state index in [-0.39, 0.29) is 18.3 Å². The molecule has 2 unspecified atom stereocenters. The number of halogens is 1. The summed E-state index contributed by atoms with van der Waals surface area (Å²) in [5, 5.41) is 3.80. The second-order valence-corrected chi connectivity index (χ2v) is 5.96. The summed E-state index contributed by atoms with van der Waals surface area (Å²) in [5.74, 6) is -0.00551. The first-order valence-corrected chi connectivity index (χ1v) is 7.67. The molecule has 3 nitrogen and oxygen atoms in total. The molecule has 5 heteroatoms. The predicted octanol–water partition coefficient (Wildman–Crippen LogP) is 3.09. The minimum Gasteiger partial charge on any atom is -0.399 e. The van der Waals surface area contributed by atoms with Crippen LogP contribution in [-0.2, 0) is 0 Å². The number of anilines is 1. The van der Waals surface area contributed by atoms with Crippen molar-refractivity contribution in [2.45, 2.75) is 37.0 Å². The molecule has 1 aromatic rings. The summed E-state index contributed by atoms with van der Waals surface area (Å²) >= 11 is 1.90. The van der Waals surface area contributed by atoms with Gasteiger partial charge in [0, 0.05) is 22.5 Å². The summed E-state index contributed by atoms with van der Waals surface area (Å²) in [6.07, 6.45) is 6.78. The van der Waals surface area contributed by atoms with Crippen molar-refractivity contribution in [2.75, 3.05) is 12.0 Å². The van der Waals surface area contributed by atoms with Gasteiger partial charge in [0.1, 0.15) is 0 Å². The predicted molar refractivity (Wildman–Crippen MR) is 85.1 cm³/mol. The molecular formula is C14H21ClN2OS. The molecule has 1 amide bonds. The van der Waals surface area contributed by atoms with E-state index >= 15 is 0 Å². The van der Waals surface area contributed by atoms with E-state index in [0.29, 0.717) is 22.5 Å². The van der Waals surface area contributed by atoms with Crippen LogP contribution in [-0.4, -0.2) is 23.5 Å². The summed E-state index contributed by atoms with van der Waals surface area (Å²) < 4.78 is 0. The number of rotatable bonds is 3. The van der Waals surface area contributed by atoms with Crippen LogP contribution in [0.15, 0.2) is 24.3 Å². The molecule has 1 fully saturated rings. The lowest BCUT2D eigenvalue weighted by atomic mass is 9.94. The van der Waals surface area contributed by atoms with Gasteiger partial charge in [-0.3, -0.25) is 4.79 Å². The highest BCUT2D eigenvalue weighted by Crippen LogP contribution is 2.27. The van der Waals surface area contributed by atoms with Crippen molar-refractivity contribution >= 4 is 35.8 Å². The van der Waals surface area contributed by atoms with Gasteiger partial charge < -0.3 is 11.1 Å². The van der Waals surface area contributed by atoms with Crippen molar-refractivity contribution in [2.24, 2.45) is 0 Å². The van der Waals surface area contributed by atoms with Gasteiger partial charge in [0.15, 0.2) is 0 Å². The molecule has 0 heterocycles. The molecule has 1 saturated carbocycles. The number of thioether (sulfide) groups is 1. The summed E-state index contributed by atoms with van der Waals surface area (Å²) in [4.78, 5) is 12.1. The highest BCUT2D eigenvalue weighted by atomic mass is 35.5. The molecule has 0 aliphatic heterocycles. The number of hydrogen-bond acceptors (Lipinski definition) is 3. The number of carbonyl (C=O) groups excluding carboxylic acids is 1. The van der Waals surface area contributed by atoms with Crippen LogP contribution < -0.4 is 11.1 Å². The molecule has 0 bridgehead atoms. The molecule has 2 rings (SSSR count). The number of hydrogen-bond donors (Lipinski definition) is 2. The molecule has 3 N–H and O–H groups in total. The number of nitrogens with two attached hydrogens (primary N) is 1. The number of amides is 1. The van der Waals surface area contributed by atoms with E-state index < -0.39 is 0 Å². The van der Waals surface area contributed by atoms with Gasteiger partial charge in [-0.1, -0.05) is 12.5 Å². The van der Waals surface area contributed by atoms with Crippen LogP contribution in [0.3, 0.4) is 0 Å². The summed E-state index contributed by atoms with van der Waals surface area (Å²) in [5.41, 5.74) is 6.98. The molecule has 0 radical (unpaired) electrons. The third-order valence-electron chi connectivity index (χ3n) is 3.44. The van der Waals surface area contributed by atoms with E-state index in [2.05, 4.69) is 11.6 Å². The number of nitrogens with one attached hydrogen (secondary N) is 1. The van der Waals surface area contributed by atoms with Crippen LogP contribution in [0.5, 0.6) is 0 Å². The van der Waals surface area contributed by atoms with Crippen molar-refractivity contribution in [1.82, 2.24) is 5.32 Å². The van der Waals surface area contributed by atoms with Gasteiger partial charge in [-0.05, 0) is 43.7 Å². The van der Waals surface area contributed by atoms with Crippen molar-refractivity contribution in [3.05, 3.63) is 29.8 Å². The molecular weight excluding hydrogens is 280 g/mol. The third kappa shape index (κ3) is 4.62. The molecule has 0 aromatic heterocycles. The maximum Gasteiger partial charge on any atom is 0.251 e. The Morgan fingerprint density at radius 3 is 2.89 bits per heavy atom. The lowest BCUT2D eigenvalue weighted by molar-refractivity contribution is 0.0928. The first kappa shape index (κ1) is 16.2. The molecule has 106 valence electrons. The number of nitrogen functional groups attached to an aromatic ring is 1. The fourth-order valence-electron chi connectivity index (χ4n) is 2.44. The fraction of sp³-hybridized carbons (Fsp3) is 0.500. The Hall–Kier alpha value is -0.870. The molecule has 1 aliphatic carbocycles. The Morgan fingerprint density at radius 2 is 2.21 bits per heavy atom. The average Bonchev–Trinajstić information content (AvgIpc) is 2.39. The van der Waals surface area contributed by atoms with E-state index in [1.54, 1.807) is 18.2 Å². The van der Waals surface area contributed by atoms with Gasteiger partial charge in [0.2, 0.25) is 0 Å². The second kappa shape index (κ2) is 7.65. The van der Waals surface area contributed by atoms with Gasteiger partial charge in [-0.15, -0.1) is 12.4 Å². The van der Waals surface area contributed by atoms with E-state index in [9.17, 15) is 4.79 Å². The summed E-state index contributed by atoms with van der Waals surface area (Å²) in [7, 11) is 0. The van der Waals surface area contributed by atoms with Crippen molar-refractivity contribution in [3.63, 3.8) is 0 Å². The molecule has 1 aliphatic rings. The topological polar surface area (TPSA) is 55.1 Å². The van der Waals surface area contributed by atoms with Crippen LogP contribution in [0.25, 0.3) is 0 Å². The zero-order valence-electron chi connectivity index (χ0n) is 11.1. The van der Waals surface area contributed by atoms with Crippen molar-refractivity contribution in [3.8, 4) is 0 Å². The SMILES string of the molecule is CSC1CCCC(NC(=O)c2cccc(N)c2)C1.Cl. The van der Waals surface area contributed by atoms with Crippen LogP contribution >= 0.6 is 24.2 Å². The first-order valence-electron chi connectivity index (χ1n) is 6.38. The summed E-state index contributed by atoms with van der Waals surface area (Å²) in [6, 6.07) is 7.45. The van der Waals surface area contributed by atoms with Gasteiger partial charge in [-0.2, -0.15) is 11.8 Å². The van der Waals surface area contributed by atoms with Crippen molar-refractivity contribution in [1.29, 1.82) is 0 Å². The first-order chi connectivity index (χ1) is 8.69. The zero-order valence-corrected chi connectivity index (χ0v) is 12.7. The molecule has 0 saturated heterocycles. The minimum absolute atomic E-state index is 0. The van der Waals surface area contributed by atoms with Gasteiger partial charge in [0.25, 0.3) is 5.91 Å². The lowest BCUT2D eigenvalue weighted by Crippen LogP contribution is -2.39. The maximum absolute atomic E-state index is 12.1. The Kier molecular flexibility index (Phi) is 6.52. The van der Waals surface area contributed by atoms with Gasteiger partial charge >= 0.3 is 0 Å². The molecule has 0 spiro atoms. The van der Waals surface area contributed by atoms with Gasteiger partial charge in [0.05, 0.1) is 0 Å². The normalized spacial score (nSPS) is 22.4. The maximum atomic E-state index is 12.1. The van der Waals surface area contributed by atoms with Crippen LogP contribution in [0.4, 0.5) is 5.69 Å². The van der Waals surface area contributed by atoms with E-state index in [0.717, 1.165) is 12.8 Å². The van der Waals surface area contributed by atoms with E-state index in [1.165, 1.54) is 12.8 Å². The minimum atomic E-state index is -0.00551. The third-order valence-corrected chi connectivity index (χ3v) is 4.54. The molecule has 2 atom stereocenters. The standard InChI is InChI=1S/C14H20N2OS.ClH/c1-18-13-7-3-6-12(9-13)16-14(17)10-4-2-5-11(15)8-10;/h2,4-5,8,12-13H,3,6-7,9,15H2,1H3,(H,16,17);1H. The highest BCUT2D eigenvalue weighted by molar-refractivity contribution is 7.99.